The zero-order valence-corrected chi connectivity index (χ0v) is 18.1. The molecule has 0 aromatic heterocycles. The average molecular weight is 422 g/mol. The van der Waals surface area contributed by atoms with E-state index in [9.17, 15) is 18.8 Å². The van der Waals surface area contributed by atoms with Crippen molar-refractivity contribution in [3.63, 3.8) is 0 Å². The molecule has 1 aromatic carbocycles. The largest absolute Gasteiger partial charge is 0.444 e. The van der Waals surface area contributed by atoms with Crippen molar-refractivity contribution < 1.29 is 23.5 Å². The van der Waals surface area contributed by atoms with Crippen molar-refractivity contribution in [1.82, 2.24) is 15.1 Å². The lowest BCUT2D eigenvalue weighted by molar-refractivity contribution is -0.133. The van der Waals surface area contributed by atoms with Crippen molar-refractivity contribution >= 4 is 17.9 Å². The van der Waals surface area contributed by atoms with Crippen molar-refractivity contribution in [3.05, 3.63) is 35.6 Å². The van der Waals surface area contributed by atoms with E-state index < -0.39 is 11.7 Å². The summed E-state index contributed by atoms with van der Waals surface area (Å²) < 4.78 is 18.4. The molecule has 1 aliphatic heterocycles. The van der Waals surface area contributed by atoms with Gasteiger partial charge >= 0.3 is 6.09 Å². The zero-order chi connectivity index (χ0) is 22.1. The van der Waals surface area contributed by atoms with E-state index in [1.165, 1.54) is 12.1 Å². The third-order valence-corrected chi connectivity index (χ3v) is 4.72. The Morgan fingerprint density at radius 1 is 1.03 bits per heavy atom. The van der Waals surface area contributed by atoms with Gasteiger partial charge in [0.05, 0.1) is 0 Å². The van der Waals surface area contributed by atoms with Gasteiger partial charge in [0.15, 0.2) is 0 Å². The minimum absolute atomic E-state index is 0.0140. The first-order valence-electron chi connectivity index (χ1n) is 10.4. The maximum absolute atomic E-state index is 13.3. The topological polar surface area (TPSA) is 79.0 Å². The highest BCUT2D eigenvalue weighted by Crippen LogP contribution is 2.11. The molecule has 1 heterocycles. The van der Waals surface area contributed by atoms with E-state index in [0.717, 1.165) is 5.56 Å². The van der Waals surface area contributed by atoms with Gasteiger partial charge in [0.2, 0.25) is 11.8 Å². The van der Waals surface area contributed by atoms with Crippen LogP contribution in [0.1, 0.15) is 45.6 Å². The summed E-state index contributed by atoms with van der Waals surface area (Å²) >= 11 is 0. The molecule has 1 N–H and O–H groups in total. The Kier molecular flexibility index (Phi) is 8.62. The average Bonchev–Trinajstić information content (AvgIpc) is 2.91. The lowest BCUT2D eigenvalue weighted by Crippen LogP contribution is -2.39. The monoisotopic (exact) mass is 421 g/mol. The predicted molar refractivity (Wildman–Crippen MR) is 111 cm³/mol. The maximum atomic E-state index is 13.3. The normalized spacial score (nSPS) is 14.8. The third-order valence-electron chi connectivity index (χ3n) is 4.72. The number of carbonyl (C=O) groups excluding carboxylic acids is 3. The Labute approximate surface area is 177 Å². The molecule has 30 heavy (non-hydrogen) atoms. The van der Waals surface area contributed by atoms with Crippen LogP contribution in [-0.2, 0) is 20.7 Å². The van der Waals surface area contributed by atoms with Gasteiger partial charge in [-0.3, -0.25) is 9.59 Å². The van der Waals surface area contributed by atoms with Gasteiger partial charge in [-0.25, -0.2) is 9.18 Å². The van der Waals surface area contributed by atoms with Gasteiger partial charge in [-0.2, -0.15) is 0 Å². The molecular formula is C22H32FN3O4. The molecule has 0 unspecified atom stereocenters. The van der Waals surface area contributed by atoms with Gasteiger partial charge < -0.3 is 19.9 Å². The highest BCUT2D eigenvalue weighted by Gasteiger charge is 2.22. The molecule has 166 valence electrons. The molecule has 1 aromatic rings. The van der Waals surface area contributed by atoms with Crippen LogP contribution < -0.4 is 5.32 Å². The van der Waals surface area contributed by atoms with Crippen LogP contribution in [0.2, 0.25) is 0 Å². The Balaban J connectivity index is 1.72. The smallest absolute Gasteiger partial charge is 0.407 e. The fraction of sp³-hybridized carbons (Fsp3) is 0.591. The van der Waals surface area contributed by atoms with Crippen LogP contribution in [0.4, 0.5) is 9.18 Å². The van der Waals surface area contributed by atoms with E-state index in [1.807, 2.05) is 6.07 Å². The van der Waals surface area contributed by atoms with Crippen LogP contribution >= 0.6 is 0 Å². The number of hydrogen-bond acceptors (Lipinski definition) is 4. The number of carbonyl (C=O) groups is 3. The van der Waals surface area contributed by atoms with Crippen molar-refractivity contribution in [2.24, 2.45) is 0 Å². The molecular weight excluding hydrogens is 389 g/mol. The molecule has 1 saturated heterocycles. The lowest BCUT2D eigenvalue weighted by atomic mass is 10.1. The molecule has 8 heteroatoms. The number of amides is 3. The first-order chi connectivity index (χ1) is 14.1. The van der Waals surface area contributed by atoms with Crippen LogP contribution in [0.5, 0.6) is 0 Å². The summed E-state index contributed by atoms with van der Waals surface area (Å²) in [6.07, 6.45) is 1.16. The number of hydrogen-bond donors (Lipinski definition) is 1. The van der Waals surface area contributed by atoms with Crippen LogP contribution in [0.25, 0.3) is 0 Å². The summed E-state index contributed by atoms with van der Waals surface area (Å²) in [6.45, 7) is 7.67. The molecule has 2 rings (SSSR count). The van der Waals surface area contributed by atoms with E-state index in [1.54, 1.807) is 36.6 Å². The standard InChI is InChI=1S/C22H32FN3O4/c1-22(2,3)30-21(29)24-11-10-20(28)26-13-5-12-25(14-15-26)19(27)9-8-17-6-4-7-18(23)16-17/h4,6-7,16H,5,8-15H2,1-3H3,(H,24,29). The number of benzene rings is 1. The molecule has 0 aliphatic carbocycles. The summed E-state index contributed by atoms with van der Waals surface area (Å²) in [5.41, 5.74) is 0.219. The van der Waals surface area contributed by atoms with Gasteiger partial charge in [-0.15, -0.1) is 0 Å². The second-order valence-corrected chi connectivity index (χ2v) is 8.42. The van der Waals surface area contributed by atoms with E-state index >= 15 is 0 Å². The number of nitrogens with zero attached hydrogens (tertiary/aromatic N) is 2. The SMILES string of the molecule is CC(C)(C)OC(=O)NCCC(=O)N1CCCN(C(=O)CCc2cccc(F)c2)CC1. The van der Waals surface area contributed by atoms with E-state index in [-0.39, 0.29) is 30.6 Å². The maximum Gasteiger partial charge on any atom is 0.407 e. The summed E-state index contributed by atoms with van der Waals surface area (Å²) in [7, 11) is 0. The third kappa shape index (κ3) is 8.39. The Morgan fingerprint density at radius 2 is 1.67 bits per heavy atom. The second-order valence-electron chi connectivity index (χ2n) is 8.42. The van der Waals surface area contributed by atoms with E-state index in [4.69, 9.17) is 4.74 Å². The van der Waals surface area contributed by atoms with Gasteiger partial charge in [-0.1, -0.05) is 12.1 Å². The fourth-order valence-corrected chi connectivity index (χ4v) is 3.26. The summed E-state index contributed by atoms with van der Waals surface area (Å²) in [5.74, 6) is -0.342. The Bertz CT molecular complexity index is 748. The summed E-state index contributed by atoms with van der Waals surface area (Å²) in [6, 6.07) is 6.28. The van der Waals surface area contributed by atoms with Gasteiger partial charge in [0.25, 0.3) is 0 Å². The molecule has 0 saturated carbocycles. The first-order valence-corrected chi connectivity index (χ1v) is 10.4. The Hall–Kier alpha value is -2.64. The second kappa shape index (κ2) is 10.9. The predicted octanol–water partition coefficient (Wildman–Crippen LogP) is 2.73. The van der Waals surface area contributed by atoms with Gasteiger partial charge in [0, 0.05) is 45.6 Å². The van der Waals surface area contributed by atoms with Gasteiger partial charge in [-0.05, 0) is 51.3 Å². The minimum atomic E-state index is -0.580. The number of aryl methyl sites for hydroxylation is 1. The number of ether oxygens (including phenoxy) is 1. The molecule has 1 aliphatic rings. The number of nitrogens with one attached hydrogen (secondary N) is 1. The van der Waals surface area contributed by atoms with Crippen molar-refractivity contribution in [2.45, 2.75) is 52.1 Å². The minimum Gasteiger partial charge on any atom is -0.444 e. The van der Waals surface area contributed by atoms with E-state index in [2.05, 4.69) is 5.32 Å². The fourth-order valence-electron chi connectivity index (χ4n) is 3.26. The number of rotatable bonds is 6. The molecule has 0 spiro atoms. The number of alkyl carbamates (subject to hydrolysis) is 1. The number of halogens is 1. The van der Waals surface area contributed by atoms with Crippen LogP contribution in [0, 0.1) is 5.82 Å². The zero-order valence-electron chi connectivity index (χ0n) is 18.1. The molecule has 1 fully saturated rings. The van der Waals surface area contributed by atoms with Crippen LogP contribution in [0.3, 0.4) is 0 Å². The van der Waals surface area contributed by atoms with Crippen LogP contribution in [-0.4, -0.2) is 66.0 Å². The molecule has 0 atom stereocenters. The molecule has 0 bridgehead atoms. The van der Waals surface area contributed by atoms with Crippen molar-refractivity contribution in [2.75, 3.05) is 32.7 Å². The Morgan fingerprint density at radius 3 is 2.27 bits per heavy atom. The first kappa shape index (κ1) is 23.6. The highest BCUT2D eigenvalue weighted by molar-refractivity contribution is 5.78. The van der Waals surface area contributed by atoms with Crippen LogP contribution in [0.15, 0.2) is 24.3 Å². The highest BCUT2D eigenvalue weighted by atomic mass is 19.1. The van der Waals surface area contributed by atoms with Crippen molar-refractivity contribution in [1.29, 1.82) is 0 Å². The van der Waals surface area contributed by atoms with Crippen molar-refractivity contribution in [3.8, 4) is 0 Å². The summed E-state index contributed by atoms with van der Waals surface area (Å²) in [5, 5.41) is 2.59. The quantitative estimate of drug-likeness (QED) is 0.766. The molecule has 3 amide bonds. The molecule has 0 radical (unpaired) electrons. The van der Waals surface area contributed by atoms with E-state index in [0.29, 0.717) is 45.4 Å². The summed E-state index contributed by atoms with van der Waals surface area (Å²) in [4.78, 5) is 40.1. The lowest BCUT2D eigenvalue weighted by Gasteiger charge is -2.23. The van der Waals surface area contributed by atoms with Gasteiger partial charge in [0.1, 0.15) is 11.4 Å². The molecule has 7 nitrogen and oxygen atoms in total.